The number of nitrogens with zero attached hydrogens (tertiary/aromatic N) is 2. The van der Waals surface area contributed by atoms with Crippen LogP contribution in [0.3, 0.4) is 0 Å². The van der Waals surface area contributed by atoms with E-state index in [1.54, 1.807) is 0 Å². The molecule has 0 bridgehead atoms. The molecule has 5 nitrogen and oxygen atoms in total. The number of carbonyl (C=O) groups is 1. The van der Waals surface area contributed by atoms with Crippen LogP contribution < -0.4 is 10.6 Å². The third kappa shape index (κ3) is 6.08. The number of benzene rings is 2. The molecule has 28 heavy (non-hydrogen) atoms. The normalized spacial score (nSPS) is 16.7. The Morgan fingerprint density at radius 1 is 0.893 bits per heavy atom. The summed E-state index contributed by atoms with van der Waals surface area (Å²) < 4.78 is 0. The molecule has 2 unspecified atom stereocenters. The molecule has 2 aromatic carbocycles. The van der Waals surface area contributed by atoms with E-state index in [1.165, 1.54) is 12.8 Å². The molecule has 1 heterocycles. The van der Waals surface area contributed by atoms with Crippen LogP contribution in [-0.4, -0.2) is 56.1 Å². The third-order valence-corrected chi connectivity index (χ3v) is 5.20. The number of rotatable bonds is 8. The van der Waals surface area contributed by atoms with Gasteiger partial charge in [-0.2, -0.15) is 0 Å². The summed E-state index contributed by atoms with van der Waals surface area (Å²) in [4.78, 5) is 17.4. The molecule has 1 aliphatic heterocycles. The number of nitrogens with one attached hydrogen (secondary N) is 2. The maximum absolute atomic E-state index is 12.9. The summed E-state index contributed by atoms with van der Waals surface area (Å²) in [7, 11) is 4.05. The molecule has 0 aliphatic carbocycles. The molecule has 2 aromatic rings. The van der Waals surface area contributed by atoms with E-state index >= 15 is 0 Å². The number of urea groups is 1. The first kappa shape index (κ1) is 20.4. The van der Waals surface area contributed by atoms with Gasteiger partial charge in [-0.05, 0) is 51.2 Å². The molecule has 1 aliphatic rings. The van der Waals surface area contributed by atoms with Crippen molar-refractivity contribution < 1.29 is 4.79 Å². The van der Waals surface area contributed by atoms with Crippen molar-refractivity contribution in [2.45, 2.75) is 24.9 Å². The fourth-order valence-electron chi connectivity index (χ4n) is 3.79. The fraction of sp³-hybridized carbons (Fsp3) is 0.435. The average Bonchev–Trinajstić information content (AvgIpc) is 3.21. The van der Waals surface area contributed by atoms with E-state index in [-0.39, 0.29) is 18.1 Å². The van der Waals surface area contributed by atoms with Crippen LogP contribution in [0.25, 0.3) is 0 Å². The first-order valence-electron chi connectivity index (χ1n) is 10.2. The van der Waals surface area contributed by atoms with Crippen LogP contribution in [0.15, 0.2) is 60.7 Å². The summed E-state index contributed by atoms with van der Waals surface area (Å²) in [5.41, 5.74) is 2.26. The zero-order valence-electron chi connectivity index (χ0n) is 17.0. The van der Waals surface area contributed by atoms with Crippen LogP contribution in [0.2, 0.25) is 0 Å². The molecule has 1 fully saturated rings. The summed E-state index contributed by atoms with van der Waals surface area (Å²) in [5, 5.41) is 6.40. The smallest absolute Gasteiger partial charge is 0.315 e. The predicted octanol–water partition coefficient (Wildman–Crippen LogP) is 3.43. The number of carbonyl (C=O) groups excluding carboxylic acids is 1. The van der Waals surface area contributed by atoms with Crippen LogP contribution in [0, 0.1) is 0 Å². The molecule has 0 spiro atoms. The van der Waals surface area contributed by atoms with Gasteiger partial charge in [0.05, 0.1) is 12.1 Å². The lowest BCUT2D eigenvalue weighted by molar-refractivity contribution is 0.222. The van der Waals surface area contributed by atoms with Crippen molar-refractivity contribution in [3.63, 3.8) is 0 Å². The van der Waals surface area contributed by atoms with E-state index in [0.717, 1.165) is 37.3 Å². The first-order valence-corrected chi connectivity index (χ1v) is 10.2. The fourth-order valence-corrected chi connectivity index (χ4v) is 3.79. The second kappa shape index (κ2) is 10.2. The molecule has 3 rings (SSSR count). The van der Waals surface area contributed by atoms with Gasteiger partial charge >= 0.3 is 6.03 Å². The number of hydrogen-bond acceptors (Lipinski definition) is 3. The Labute approximate surface area is 168 Å². The van der Waals surface area contributed by atoms with Crippen molar-refractivity contribution >= 4 is 6.03 Å². The van der Waals surface area contributed by atoms with Crippen LogP contribution in [-0.2, 0) is 0 Å². The molecule has 150 valence electrons. The summed E-state index contributed by atoms with van der Waals surface area (Å²) in [6.45, 7) is 3.82. The first-order chi connectivity index (χ1) is 13.6. The van der Waals surface area contributed by atoms with Gasteiger partial charge in [0.1, 0.15) is 0 Å². The Morgan fingerprint density at radius 3 is 1.93 bits per heavy atom. The van der Waals surface area contributed by atoms with Gasteiger partial charge in [0.15, 0.2) is 0 Å². The largest absolute Gasteiger partial charge is 0.330 e. The minimum Gasteiger partial charge on any atom is -0.330 e. The van der Waals surface area contributed by atoms with Gasteiger partial charge in [-0.25, -0.2) is 4.79 Å². The van der Waals surface area contributed by atoms with Crippen molar-refractivity contribution in [1.82, 2.24) is 20.4 Å². The highest BCUT2D eigenvalue weighted by molar-refractivity contribution is 5.75. The van der Waals surface area contributed by atoms with Crippen molar-refractivity contribution in [2.24, 2.45) is 0 Å². The van der Waals surface area contributed by atoms with E-state index in [9.17, 15) is 4.79 Å². The van der Waals surface area contributed by atoms with E-state index in [1.807, 2.05) is 50.5 Å². The van der Waals surface area contributed by atoms with Crippen molar-refractivity contribution in [3.05, 3.63) is 71.8 Å². The lowest BCUT2D eigenvalue weighted by atomic mass is 10.1. The molecule has 0 aromatic heterocycles. The maximum Gasteiger partial charge on any atom is 0.315 e. The van der Waals surface area contributed by atoms with Gasteiger partial charge in [0, 0.05) is 13.1 Å². The second-order valence-corrected chi connectivity index (χ2v) is 7.81. The lowest BCUT2D eigenvalue weighted by Crippen LogP contribution is -2.45. The van der Waals surface area contributed by atoms with Gasteiger partial charge in [0.2, 0.25) is 0 Å². The van der Waals surface area contributed by atoms with Crippen molar-refractivity contribution in [1.29, 1.82) is 0 Å². The number of likely N-dealkylation sites (tertiary alicyclic amines) is 1. The molecule has 0 saturated carbocycles. The Bertz CT molecular complexity index is 714. The number of amides is 2. The molecule has 1 saturated heterocycles. The number of hydrogen-bond donors (Lipinski definition) is 2. The lowest BCUT2D eigenvalue weighted by Gasteiger charge is -2.27. The highest BCUT2D eigenvalue weighted by Gasteiger charge is 2.22. The summed E-state index contributed by atoms with van der Waals surface area (Å²) in [6.07, 6.45) is 2.49. The second-order valence-electron chi connectivity index (χ2n) is 7.81. The highest BCUT2D eigenvalue weighted by Crippen LogP contribution is 2.18. The van der Waals surface area contributed by atoms with Crippen LogP contribution in [0.1, 0.15) is 36.1 Å². The zero-order chi connectivity index (χ0) is 19.8. The SMILES string of the molecule is CN(C)CC(NC(=O)NC(CN1CCCC1)c1ccccc1)c1ccccc1. The minimum atomic E-state index is -0.122. The highest BCUT2D eigenvalue weighted by atomic mass is 16.2. The standard InChI is InChI=1S/C23H32N4O/c1-26(2)17-21(19-11-5-3-6-12-19)24-23(28)25-22(18-27-15-9-10-16-27)20-13-7-4-8-14-20/h3-8,11-14,21-22H,9-10,15-18H2,1-2H3,(H2,24,25,28). The van der Waals surface area contributed by atoms with E-state index < -0.39 is 0 Å². The topological polar surface area (TPSA) is 47.6 Å². The number of likely N-dealkylation sites (N-methyl/N-ethyl adjacent to an activating group) is 1. The molecule has 5 heteroatoms. The molecule has 2 atom stereocenters. The summed E-state index contributed by atoms with van der Waals surface area (Å²) >= 11 is 0. The Hall–Kier alpha value is -2.37. The predicted molar refractivity (Wildman–Crippen MR) is 114 cm³/mol. The molecule has 0 radical (unpaired) electrons. The van der Waals surface area contributed by atoms with Crippen LogP contribution >= 0.6 is 0 Å². The molecule has 2 amide bonds. The molecular formula is C23H32N4O. The van der Waals surface area contributed by atoms with E-state index in [2.05, 4.69) is 44.7 Å². The van der Waals surface area contributed by atoms with Gasteiger partial charge in [-0.1, -0.05) is 60.7 Å². The Kier molecular flexibility index (Phi) is 7.46. The molecule has 2 N–H and O–H groups in total. The Balaban J connectivity index is 1.69. The monoisotopic (exact) mass is 380 g/mol. The summed E-state index contributed by atoms with van der Waals surface area (Å²) in [5.74, 6) is 0. The maximum atomic E-state index is 12.9. The van der Waals surface area contributed by atoms with Gasteiger partial charge < -0.3 is 20.4 Å². The van der Waals surface area contributed by atoms with Crippen LogP contribution in [0.5, 0.6) is 0 Å². The third-order valence-electron chi connectivity index (χ3n) is 5.20. The average molecular weight is 381 g/mol. The summed E-state index contributed by atoms with van der Waals surface area (Å²) in [6, 6.07) is 20.2. The van der Waals surface area contributed by atoms with E-state index in [4.69, 9.17) is 0 Å². The van der Waals surface area contributed by atoms with E-state index in [0.29, 0.717) is 0 Å². The zero-order valence-corrected chi connectivity index (χ0v) is 17.0. The molecular weight excluding hydrogens is 348 g/mol. The van der Waals surface area contributed by atoms with Crippen molar-refractivity contribution in [3.8, 4) is 0 Å². The van der Waals surface area contributed by atoms with Gasteiger partial charge in [-0.3, -0.25) is 0 Å². The Morgan fingerprint density at radius 2 is 1.39 bits per heavy atom. The minimum absolute atomic E-state index is 0.0184. The van der Waals surface area contributed by atoms with Gasteiger partial charge in [0.25, 0.3) is 0 Å². The van der Waals surface area contributed by atoms with Crippen LogP contribution in [0.4, 0.5) is 4.79 Å². The van der Waals surface area contributed by atoms with Gasteiger partial charge in [-0.15, -0.1) is 0 Å². The quantitative estimate of drug-likeness (QED) is 0.738. The van der Waals surface area contributed by atoms with Crippen molar-refractivity contribution in [2.75, 3.05) is 40.3 Å².